The number of nitrogens with two attached hydrogens (primary N) is 1. The minimum Gasteiger partial charge on any atom is -0.324 e. The molecule has 0 radical (unpaired) electrons. The molecule has 0 heterocycles. The van der Waals surface area contributed by atoms with Gasteiger partial charge in [-0.3, -0.25) is 4.79 Å². The van der Waals surface area contributed by atoms with Gasteiger partial charge in [0.25, 0.3) is 0 Å². The summed E-state index contributed by atoms with van der Waals surface area (Å²) >= 11 is 3.31. The number of carbonyl (C=O) groups excluding carboxylic acids is 1. The van der Waals surface area contributed by atoms with Gasteiger partial charge in [-0.1, -0.05) is 22.0 Å². The molecule has 0 aliphatic heterocycles. The lowest BCUT2D eigenvalue weighted by atomic mass is 10.1. The van der Waals surface area contributed by atoms with Gasteiger partial charge >= 0.3 is 0 Å². The number of hydrogen-bond acceptors (Lipinski definition) is 2. The molecule has 2 nitrogen and oxygen atoms in total. The first kappa shape index (κ1) is 9.42. The number of halogens is 1. The van der Waals surface area contributed by atoms with Crippen molar-refractivity contribution in [3.05, 3.63) is 33.8 Å². The molecule has 2 N–H and O–H groups in total. The fraction of sp³-hybridized carbons (Fsp3) is 0.222. The molecule has 0 bridgehead atoms. The first-order valence-corrected chi connectivity index (χ1v) is 4.44. The van der Waals surface area contributed by atoms with E-state index in [9.17, 15) is 4.79 Å². The number of Topliss-reactive ketones (excluding diaryl/α,β-unsaturated/α-hetero) is 1. The van der Waals surface area contributed by atoms with Gasteiger partial charge in [-0.2, -0.15) is 0 Å². The van der Waals surface area contributed by atoms with Crippen molar-refractivity contribution in [2.24, 2.45) is 5.73 Å². The maximum Gasteiger partial charge on any atom is 0.177 e. The van der Waals surface area contributed by atoms with E-state index in [1.165, 1.54) is 0 Å². The highest BCUT2D eigenvalue weighted by atomic mass is 79.9. The van der Waals surface area contributed by atoms with Crippen molar-refractivity contribution in [2.45, 2.75) is 6.92 Å². The third-order valence-corrected chi connectivity index (χ3v) is 2.27. The summed E-state index contributed by atoms with van der Waals surface area (Å²) in [4.78, 5) is 11.2. The molecule has 1 rings (SSSR count). The summed E-state index contributed by atoms with van der Waals surface area (Å²) in [7, 11) is 0. The molecule has 0 amide bonds. The maximum atomic E-state index is 11.2. The molecule has 1 aromatic carbocycles. The van der Waals surface area contributed by atoms with Crippen LogP contribution in [0, 0.1) is 6.92 Å². The Bertz CT molecular complexity index is 309. The van der Waals surface area contributed by atoms with Gasteiger partial charge < -0.3 is 5.73 Å². The fourth-order valence-corrected chi connectivity index (χ4v) is 1.67. The van der Waals surface area contributed by atoms with Crippen molar-refractivity contribution in [2.75, 3.05) is 6.54 Å². The van der Waals surface area contributed by atoms with Gasteiger partial charge in [0.05, 0.1) is 6.54 Å². The zero-order valence-electron chi connectivity index (χ0n) is 6.80. The van der Waals surface area contributed by atoms with Gasteiger partial charge in [0.15, 0.2) is 5.78 Å². The van der Waals surface area contributed by atoms with Crippen LogP contribution in [0.3, 0.4) is 0 Å². The van der Waals surface area contributed by atoms with Crippen LogP contribution in [0.1, 0.15) is 15.9 Å². The van der Waals surface area contributed by atoms with Crippen LogP contribution < -0.4 is 5.73 Å². The average molecular weight is 228 g/mol. The van der Waals surface area contributed by atoms with Crippen molar-refractivity contribution in [1.82, 2.24) is 0 Å². The summed E-state index contributed by atoms with van der Waals surface area (Å²) in [5.74, 6) is -0.0399. The maximum absolute atomic E-state index is 11.2. The Morgan fingerprint density at radius 1 is 1.58 bits per heavy atom. The van der Waals surface area contributed by atoms with Gasteiger partial charge in [0, 0.05) is 10.0 Å². The van der Waals surface area contributed by atoms with Crippen LogP contribution in [0.2, 0.25) is 0 Å². The summed E-state index contributed by atoms with van der Waals surface area (Å²) in [6.07, 6.45) is 0. The van der Waals surface area contributed by atoms with E-state index in [1.807, 2.05) is 19.1 Å². The summed E-state index contributed by atoms with van der Waals surface area (Å²) < 4.78 is 0.818. The number of aryl methyl sites for hydroxylation is 1. The molecule has 64 valence electrons. The second kappa shape index (κ2) is 3.83. The zero-order chi connectivity index (χ0) is 9.14. The number of carbonyl (C=O) groups is 1. The second-order valence-corrected chi connectivity index (χ2v) is 3.46. The van der Waals surface area contributed by atoms with E-state index < -0.39 is 0 Å². The normalized spacial score (nSPS) is 9.92. The topological polar surface area (TPSA) is 43.1 Å². The second-order valence-electron chi connectivity index (χ2n) is 2.61. The Balaban J connectivity index is 3.09. The molecule has 0 unspecified atom stereocenters. The highest BCUT2D eigenvalue weighted by Gasteiger charge is 2.06. The van der Waals surface area contributed by atoms with Crippen LogP contribution in [0.25, 0.3) is 0 Å². The number of ketones is 1. The van der Waals surface area contributed by atoms with E-state index in [-0.39, 0.29) is 12.3 Å². The van der Waals surface area contributed by atoms with Gasteiger partial charge in [-0.05, 0) is 24.6 Å². The fourth-order valence-electron chi connectivity index (χ4n) is 0.956. The molecular formula is C9H10BrNO. The summed E-state index contributed by atoms with van der Waals surface area (Å²) in [6.45, 7) is 2.03. The molecule has 0 fully saturated rings. The molecule has 3 heteroatoms. The Hall–Kier alpha value is -0.670. The van der Waals surface area contributed by atoms with Gasteiger partial charge in [0.1, 0.15) is 0 Å². The lowest BCUT2D eigenvalue weighted by Gasteiger charge is -2.01. The van der Waals surface area contributed by atoms with E-state index in [2.05, 4.69) is 15.9 Å². The molecule has 1 aromatic rings. The minimum atomic E-state index is -0.0399. The zero-order valence-corrected chi connectivity index (χ0v) is 8.39. The number of rotatable bonds is 2. The monoisotopic (exact) mass is 227 g/mol. The summed E-state index contributed by atoms with van der Waals surface area (Å²) in [5.41, 5.74) is 7.02. The van der Waals surface area contributed by atoms with E-state index >= 15 is 0 Å². The van der Waals surface area contributed by atoms with Crippen molar-refractivity contribution in [1.29, 1.82) is 0 Å². The molecule has 0 aliphatic carbocycles. The highest BCUT2D eigenvalue weighted by Crippen LogP contribution is 2.18. The molecule has 12 heavy (non-hydrogen) atoms. The van der Waals surface area contributed by atoms with Crippen LogP contribution in [0.4, 0.5) is 0 Å². The first-order valence-electron chi connectivity index (χ1n) is 3.64. The number of benzene rings is 1. The van der Waals surface area contributed by atoms with Crippen LogP contribution in [-0.2, 0) is 0 Å². The van der Waals surface area contributed by atoms with Gasteiger partial charge in [-0.25, -0.2) is 0 Å². The van der Waals surface area contributed by atoms with Gasteiger partial charge in [-0.15, -0.1) is 0 Å². The van der Waals surface area contributed by atoms with Crippen LogP contribution >= 0.6 is 15.9 Å². The molecule has 0 saturated heterocycles. The van der Waals surface area contributed by atoms with E-state index in [4.69, 9.17) is 5.73 Å². The van der Waals surface area contributed by atoms with Crippen LogP contribution in [0.15, 0.2) is 22.7 Å². The molecule has 0 aliphatic rings. The largest absolute Gasteiger partial charge is 0.324 e. The Labute approximate surface area is 79.9 Å². The average Bonchev–Trinajstić information content (AvgIpc) is 2.03. The third kappa shape index (κ3) is 1.93. The van der Waals surface area contributed by atoms with Crippen LogP contribution in [-0.4, -0.2) is 12.3 Å². The Morgan fingerprint density at radius 2 is 2.25 bits per heavy atom. The molecule has 0 atom stereocenters. The smallest absolute Gasteiger partial charge is 0.177 e. The van der Waals surface area contributed by atoms with Crippen LogP contribution in [0.5, 0.6) is 0 Å². The van der Waals surface area contributed by atoms with E-state index in [1.54, 1.807) is 6.07 Å². The van der Waals surface area contributed by atoms with E-state index in [0.717, 1.165) is 10.0 Å². The summed E-state index contributed by atoms with van der Waals surface area (Å²) in [5, 5.41) is 0. The van der Waals surface area contributed by atoms with Gasteiger partial charge in [0.2, 0.25) is 0 Å². The Morgan fingerprint density at radius 3 is 2.75 bits per heavy atom. The van der Waals surface area contributed by atoms with Crippen molar-refractivity contribution < 1.29 is 4.79 Å². The minimum absolute atomic E-state index is 0.0399. The molecule has 0 aromatic heterocycles. The molecule has 0 spiro atoms. The lowest BCUT2D eigenvalue weighted by molar-refractivity contribution is 0.100. The molecule has 0 saturated carbocycles. The predicted molar refractivity (Wildman–Crippen MR) is 52.3 cm³/mol. The predicted octanol–water partition coefficient (Wildman–Crippen LogP) is 1.90. The number of hydrogen-bond donors (Lipinski definition) is 1. The first-order chi connectivity index (χ1) is 5.65. The van der Waals surface area contributed by atoms with E-state index in [0.29, 0.717) is 5.56 Å². The SMILES string of the molecule is Cc1ccc(C(=O)CN)c(Br)c1. The van der Waals surface area contributed by atoms with Crippen molar-refractivity contribution in [3.63, 3.8) is 0 Å². The van der Waals surface area contributed by atoms with Crippen molar-refractivity contribution >= 4 is 21.7 Å². The van der Waals surface area contributed by atoms with Crippen molar-refractivity contribution in [3.8, 4) is 0 Å². The molecular weight excluding hydrogens is 218 g/mol. The summed E-state index contributed by atoms with van der Waals surface area (Å²) in [6, 6.07) is 5.59. The lowest BCUT2D eigenvalue weighted by Crippen LogP contribution is -2.13. The standard InChI is InChI=1S/C9H10BrNO/c1-6-2-3-7(8(10)4-6)9(12)5-11/h2-4H,5,11H2,1H3. The quantitative estimate of drug-likeness (QED) is 0.785. The third-order valence-electron chi connectivity index (χ3n) is 1.61. The Kier molecular flexibility index (Phi) is 3.00. The highest BCUT2D eigenvalue weighted by molar-refractivity contribution is 9.10.